The Hall–Kier alpha value is -1.52. The lowest BCUT2D eigenvalue weighted by molar-refractivity contribution is 0.444. The predicted octanol–water partition coefficient (Wildman–Crippen LogP) is 4.09. The standard InChI is InChI=1S/C15H13ClF3N/c16-12-3-1-10(2-4-12)5-6-20-9-11-7-13(17)15(19)14(18)8-11/h1-4,7-8,20H,5-6,9H2. The quantitative estimate of drug-likeness (QED) is 0.648. The molecule has 2 rings (SSSR count). The Balaban J connectivity index is 1.83. The van der Waals surface area contributed by atoms with Crippen LogP contribution in [0.15, 0.2) is 36.4 Å². The zero-order valence-electron chi connectivity index (χ0n) is 10.6. The Morgan fingerprint density at radius 1 is 0.900 bits per heavy atom. The van der Waals surface area contributed by atoms with Crippen LogP contribution in [0.5, 0.6) is 0 Å². The van der Waals surface area contributed by atoms with Crippen molar-refractivity contribution in [3.8, 4) is 0 Å². The second-order valence-corrected chi connectivity index (χ2v) is 4.86. The SMILES string of the molecule is Fc1cc(CNCCc2ccc(Cl)cc2)cc(F)c1F. The Morgan fingerprint density at radius 3 is 2.10 bits per heavy atom. The second kappa shape index (κ2) is 6.77. The molecule has 0 saturated carbocycles. The average Bonchev–Trinajstić information content (AvgIpc) is 2.43. The summed E-state index contributed by atoms with van der Waals surface area (Å²) in [4.78, 5) is 0. The van der Waals surface area contributed by atoms with E-state index >= 15 is 0 Å². The number of hydrogen-bond acceptors (Lipinski definition) is 1. The molecular weight excluding hydrogens is 287 g/mol. The van der Waals surface area contributed by atoms with Crippen LogP contribution in [0.1, 0.15) is 11.1 Å². The third-order valence-electron chi connectivity index (χ3n) is 2.88. The molecule has 0 bridgehead atoms. The van der Waals surface area contributed by atoms with Crippen molar-refractivity contribution in [2.75, 3.05) is 6.54 Å². The average molecular weight is 300 g/mol. The van der Waals surface area contributed by atoms with Crippen LogP contribution in [0.2, 0.25) is 5.02 Å². The highest BCUT2D eigenvalue weighted by Crippen LogP contribution is 2.13. The number of halogens is 4. The first-order chi connectivity index (χ1) is 9.56. The van der Waals surface area contributed by atoms with Gasteiger partial charge >= 0.3 is 0 Å². The summed E-state index contributed by atoms with van der Waals surface area (Å²) in [5, 5.41) is 3.73. The zero-order valence-corrected chi connectivity index (χ0v) is 11.4. The van der Waals surface area contributed by atoms with Crippen molar-refractivity contribution in [2.45, 2.75) is 13.0 Å². The third-order valence-corrected chi connectivity index (χ3v) is 3.13. The normalized spacial score (nSPS) is 10.8. The molecule has 0 aromatic heterocycles. The van der Waals surface area contributed by atoms with Crippen molar-refractivity contribution < 1.29 is 13.2 Å². The Bertz CT molecular complexity index is 561. The fourth-order valence-corrected chi connectivity index (χ4v) is 1.95. The molecular formula is C15H13ClF3N. The van der Waals surface area contributed by atoms with Crippen molar-refractivity contribution in [2.24, 2.45) is 0 Å². The molecule has 0 radical (unpaired) electrons. The molecule has 5 heteroatoms. The van der Waals surface area contributed by atoms with Gasteiger partial charge < -0.3 is 5.32 Å². The zero-order chi connectivity index (χ0) is 14.5. The predicted molar refractivity (Wildman–Crippen MR) is 73.2 cm³/mol. The molecule has 0 saturated heterocycles. The van der Waals surface area contributed by atoms with Gasteiger partial charge in [-0.3, -0.25) is 0 Å². The summed E-state index contributed by atoms with van der Waals surface area (Å²) in [6, 6.07) is 9.44. The molecule has 106 valence electrons. The maximum atomic E-state index is 13.0. The van der Waals surface area contributed by atoms with E-state index < -0.39 is 17.5 Å². The summed E-state index contributed by atoms with van der Waals surface area (Å²) in [5.74, 6) is -3.77. The summed E-state index contributed by atoms with van der Waals surface area (Å²) in [5.41, 5.74) is 1.48. The first-order valence-electron chi connectivity index (χ1n) is 6.15. The largest absolute Gasteiger partial charge is 0.312 e. The molecule has 2 aromatic carbocycles. The summed E-state index contributed by atoms with van der Waals surface area (Å²) in [6.07, 6.45) is 0.767. The molecule has 1 nitrogen and oxygen atoms in total. The fraction of sp³-hybridized carbons (Fsp3) is 0.200. The minimum Gasteiger partial charge on any atom is -0.312 e. The highest BCUT2D eigenvalue weighted by Gasteiger charge is 2.09. The van der Waals surface area contributed by atoms with E-state index in [1.165, 1.54) is 0 Å². The molecule has 2 aromatic rings. The summed E-state index contributed by atoms with van der Waals surface area (Å²) < 4.78 is 38.8. The van der Waals surface area contributed by atoms with Crippen LogP contribution in [0, 0.1) is 17.5 Å². The van der Waals surface area contributed by atoms with Gasteiger partial charge in [0.1, 0.15) is 0 Å². The maximum Gasteiger partial charge on any atom is 0.194 e. The number of hydrogen-bond donors (Lipinski definition) is 1. The maximum absolute atomic E-state index is 13.0. The molecule has 0 atom stereocenters. The van der Waals surface area contributed by atoms with Crippen LogP contribution >= 0.6 is 11.6 Å². The lowest BCUT2D eigenvalue weighted by Gasteiger charge is -2.06. The molecule has 0 unspecified atom stereocenters. The topological polar surface area (TPSA) is 12.0 Å². The number of nitrogens with one attached hydrogen (secondary N) is 1. The Labute approximate surface area is 120 Å². The minimum atomic E-state index is -1.44. The van der Waals surface area contributed by atoms with E-state index in [2.05, 4.69) is 5.32 Å². The lowest BCUT2D eigenvalue weighted by atomic mass is 10.1. The molecule has 0 aliphatic rings. The summed E-state index contributed by atoms with van der Waals surface area (Å²) >= 11 is 5.78. The molecule has 0 aliphatic heterocycles. The van der Waals surface area contributed by atoms with Gasteiger partial charge in [0.25, 0.3) is 0 Å². The van der Waals surface area contributed by atoms with Gasteiger partial charge in [0.2, 0.25) is 0 Å². The van der Waals surface area contributed by atoms with Gasteiger partial charge in [0.15, 0.2) is 17.5 Å². The van der Waals surface area contributed by atoms with E-state index in [1.54, 1.807) is 0 Å². The lowest BCUT2D eigenvalue weighted by Crippen LogP contribution is -2.17. The molecule has 0 aliphatic carbocycles. The van der Waals surface area contributed by atoms with Crippen molar-refractivity contribution in [3.63, 3.8) is 0 Å². The fourth-order valence-electron chi connectivity index (χ4n) is 1.83. The third kappa shape index (κ3) is 3.99. The first-order valence-corrected chi connectivity index (χ1v) is 6.52. The minimum absolute atomic E-state index is 0.279. The Morgan fingerprint density at radius 2 is 1.50 bits per heavy atom. The van der Waals surface area contributed by atoms with Crippen molar-refractivity contribution in [1.29, 1.82) is 0 Å². The highest BCUT2D eigenvalue weighted by molar-refractivity contribution is 6.30. The van der Waals surface area contributed by atoms with Gasteiger partial charge in [-0.25, -0.2) is 13.2 Å². The molecule has 0 amide bonds. The van der Waals surface area contributed by atoms with Crippen LogP contribution < -0.4 is 5.32 Å². The van der Waals surface area contributed by atoms with Crippen LogP contribution in [-0.2, 0) is 13.0 Å². The van der Waals surface area contributed by atoms with E-state index in [9.17, 15) is 13.2 Å². The smallest absolute Gasteiger partial charge is 0.194 e. The van der Waals surface area contributed by atoms with Crippen molar-refractivity contribution in [3.05, 3.63) is 70.0 Å². The van der Waals surface area contributed by atoms with Gasteiger partial charge in [-0.2, -0.15) is 0 Å². The van der Waals surface area contributed by atoms with Crippen LogP contribution in [0.25, 0.3) is 0 Å². The van der Waals surface area contributed by atoms with Crippen molar-refractivity contribution >= 4 is 11.6 Å². The summed E-state index contributed by atoms with van der Waals surface area (Å²) in [7, 11) is 0. The summed E-state index contributed by atoms with van der Waals surface area (Å²) in [6.45, 7) is 0.921. The Kier molecular flexibility index (Phi) is 5.04. The van der Waals surface area contributed by atoms with E-state index in [-0.39, 0.29) is 6.54 Å². The molecule has 0 fully saturated rings. The van der Waals surface area contributed by atoms with E-state index in [0.717, 1.165) is 24.1 Å². The van der Waals surface area contributed by atoms with Gasteiger partial charge in [0.05, 0.1) is 0 Å². The van der Waals surface area contributed by atoms with Gasteiger partial charge in [-0.05, 0) is 48.4 Å². The molecule has 0 heterocycles. The monoisotopic (exact) mass is 299 g/mol. The molecule has 0 spiro atoms. The van der Waals surface area contributed by atoms with E-state index in [4.69, 9.17) is 11.6 Å². The van der Waals surface area contributed by atoms with Crippen molar-refractivity contribution in [1.82, 2.24) is 5.32 Å². The highest BCUT2D eigenvalue weighted by atomic mass is 35.5. The molecule has 20 heavy (non-hydrogen) atoms. The van der Waals surface area contributed by atoms with E-state index in [0.29, 0.717) is 17.1 Å². The molecule has 1 N–H and O–H groups in total. The van der Waals surface area contributed by atoms with Gasteiger partial charge in [0, 0.05) is 11.6 Å². The second-order valence-electron chi connectivity index (χ2n) is 4.43. The van der Waals surface area contributed by atoms with Crippen LogP contribution in [0.3, 0.4) is 0 Å². The number of benzene rings is 2. The van der Waals surface area contributed by atoms with Gasteiger partial charge in [-0.15, -0.1) is 0 Å². The van der Waals surface area contributed by atoms with Crippen LogP contribution in [0.4, 0.5) is 13.2 Å². The van der Waals surface area contributed by atoms with Crippen LogP contribution in [-0.4, -0.2) is 6.54 Å². The first kappa shape index (κ1) is 14.9. The van der Waals surface area contributed by atoms with E-state index in [1.807, 2.05) is 24.3 Å². The van der Waals surface area contributed by atoms with Gasteiger partial charge in [-0.1, -0.05) is 23.7 Å². The number of rotatable bonds is 5.